The van der Waals surface area contributed by atoms with Gasteiger partial charge in [0.05, 0.1) is 0 Å². The standard InChI is InChI=1S/C16H22BrNO3/c17-14-6-3-7-15(8-14)21-11-16(20)18-9-12-4-1-2-5-13(12)10-19/h3,6-8,12-13,19H,1-2,4-5,9-11H2,(H,18,20). The summed E-state index contributed by atoms with van der Waals surface area (Å²) in [5.41, 5.74) is 0. The second-order valence-corrected chi connectivity index (χ2v) is 6.45. The quantitative estimate of drug-likeness (QED) is 0.824. The molecule has 1 aromatic carbocycles. The van der Waals surface area contributed by atoms with E-state index in [1.54, 1.807) is 0 Å². The summed E-state index contributed by atoms with van der Waals surface area (Å²) >= 11 is 3.36. The number of nitrogens with one attached hydrogen (secondary N) is 1. The molecule has 0 aromatic heterocycles. The number of aliphatic hydroxyl groups is 1. The molecule has 116 valence electrons. The van der Waals surface area contributed by atoms with Gasteiger partial charge in [0, 0.05) is 17.6 Å². The molecule has 0 radical (unpaired) electrons. The highest BCUT2D eigenvalue weighted by Gasteiger charge is 2.24. The maximum atomic E-state index is 11.8. The van der Waals surface area contributed by atoms with Gasteiger partial charge in [-0.15, -0.1) is 0 Å². The van der Waals surface area contributed by atoms with Gasteiger partial charge in [-0.1, -0.05) is 34.8 Å². The van der Waals surface area contributed by atoms with E-state index in [-0.39, 0.29) is 19.1 Å². The van der Waals surface area contributed by atoms with Gasteiger partial charge in [0.25, 0.3) is 5.91 Å². The highest BCUT2D eigenvalue weighted by Crippen LogP contribution is 2.29. The molecule has 1 aromatic rings. The van der Waals surface area contributed by atoms with Gasteiger partial charge < -0.3 is 15.2 Å². The minimum atomic E-state index is -0.114. The van der Waals surface area contributed by atoms with Crippen molar-refractivity contribution >= 4 is 21.8 Å². The van der Waals surface area contributed by atoms with Gasteiger partial charge in [-0.05, 0) is 42.9 Å². The van der Waals surface area contributed by atoms with Crippen LogP contribution >= 0.6 is 15.9 Å². The molecule has 1 aliphatic rings. The van der Waals surface area contributed by atoms with Crippen LogP contribution in [-0.4, -0.2) is 30.8 Å². The fraction of sp³-hybridized carbons (Fsp3) is 0.562. The zero-order valence-corrected chi connectivity index (χ0v) is 13.6. The van der Waals surface area contributed by atoms with Crippen molar-refractivity contribution in [3.05, 3.63) is 28.7 Å². The van der Waals surface area contributed by atoms with Gasteiger partial charge >= 0.3 is 0 Å². The Labute approximate surface area is 134 Å². The fourth-order valence-corrected chi connectivity index (χ4v) is 3.17. The van der Waals surface area contributed by atoms with Crippen molar-refractivity contribution in [2.24, 2.45) is 11.8 Å². The Hall–Kier alpha value is -1.07. The lowest BCUT2D eigenvalue weighted by Crippen LogP contribution is -2.37. The van der Waals surface area contributed by atoms with Crippen LogP contribution in [0.4, 0.5) is 0 Å². The molecule has 2 atom stereocenters. The van der Waals surface area contributed by atoms with Crippen molar-refractivity contribution in [1.82, 2.24) is 5.32 Å². The minimum Gasteiger partial charge on any atom is -0.484 e. The van der Waals surface area contributed by atoms with Crippen LogP contribution in [0.5, 0.6) is 5.75 Å². The van der Waals surface area contributed by atoms with Gasteiger partial charge in [-0.2, -0.15) is 0 Å². The topological polar surface area (TPSA) is 58.6 Å². The maximum Gasteiger partial charge on any atom is 0.257 e. The van der Waals surface area contributed by atoms with Crippen LogP contribution < -0.4 is 10.1 Å². The molecule has 1 saturated carbocycles. The number of benzene rings is 1. The van der Waals surface area contributed by atoms with E-state index in [2.05, 4.69) is 21.2 Å². The van der Waals surface area contributed by atoms with Gasteiger partial charge in [0.15, 0.2) is 6.61 Å². The highest BCUT2D eigenvalue weighted by molar-refractivity contribution is 9.10. The Bertz CT molecular complexity index is 467. The average Bonchev–Trinajstić information content (AvgIpc) is 2.51. The molecule has 0 bridgehead atoms. The van der Waals surface area contributed by atoms with Crippen LogP contribution in [0.1, 0.15) is 25.7 Å². The average molecular weight is 356 g/mol. The Morgan fingerprint density at radius 3 is 2.81 bits per heavy atom. The summed E-state index contributed by atoms with van der Waals surface area (Å²) in [5, 5.41) is 12.3. The number of carbonyl (C=O) groups excluding carboxylic acids is 1. The zero-order valence-electron chi connectivity index (χ0n) is 12.1. The molecule has 1 aliphatic carbocycles. The molecular formula is C16H22BrNO3. The van der Waals surface area contributed by atoms with Crippen molar-refractivity contribution < 1.29 is 14.6 Å². The third kappa shape index (κ3) is 5.32. The summed E-state index contributed by atoms with van der Waals surface area (Å²) in [4.78, 5) is 11.8. The lowest BCUT2D eigenvalue weighted by Gasteiger charge is -2.30. The molecular weight excluding hydrogens is 334 g/mol. The lowest BCUT2D eigenvalue weighted by atomic mass is 9.79. The number of rotatable bonds is 6. The van der Waals surface area contributed by atoms with E-state index in [0.717, 1.165) is 17.3 Å². The third-order valence-electron chi connectivity index (χ3n) is 4.03. The summed E-state index contributed by atoms with van der Waals surface area (Å²) in [6.45, 7) is 0.869. The summed E-state index contributed by atoms with van der Waals surface area (Å²) in [6.07, 6.45) is 4.51. The molecule has 5 heteroatoms. The van der Waals surface area contributed by atoms with E-state index in [9.17, 15) is 9.90 Å². The van der Waals surface area contributed by atoms with Crippen molar-refractivity contribution in [1.29, 1.82) is 0 Å². The van der Waals surface area contributed by atoms with E-state index in [0.29, 0.717) is 24.1 Å². The fourth-order valence-electron chi connectivity index (χ4n) is 2.80. The normalized spacial score (nSPS) is 21.8. The number of halogens is 1. The number of hydrogen-bond acceptors (Lipinski definition) is 3. The van der Waals surface area contributed by atoms with Crippen molar-refractivity contribution in [2.45, 2.75) is 25.7 Å². The molecule has 4 nitrogen and oxygen atoms in total. The van der Waals surface area contributed by atoms with Crippen molar-refractivity contribution in [2.75, 3.05) is 19.8 Å². The van der Waals surface area contributed by atoms with Crippen LogP contribution in [0.3, 0.4) is 0 Å². The number of amides is 1. The molecule has 1 amide bonds. The molecule has 2 N–H and O–H groups in total. The van der Waals surface area contributed by atoms with Crippen LogP contribution in [-0.2, 0) is 4.79 Å². The second kappa shape index (κ2) is 8.39. The molecule has 0 aliphatic heterocycles. The third-order valence-corrected chi connectivity index (χ3v) is 4.52. The van der Waals surface area contributed by atoms with Gasteiger partial charge in [-0.3, -0.25) is 4.79 Å². The van der Waals surface area contributed by atoms with Crippen molar-refractivity contribution in [3.63, 3.8) is 0 Å². The molecule has 0 spiro atoms. The summed E-state index contributed by atoms with van der Waals surface area (Å²) < 4.78 is 6.37. The van der Waals surface area contributed by atoms with E-state index in [1.165, 1.54) is 12.8 Å². The zero-order chi connectivity index (χ0) is 15.1. The number of ether oxygens (including phenoxy) is 1. The largest absolute Gasteiger partial charge is 0.484 e. The second-order valence-electron chi connectivity index (χ2n) is 5.54. The Morgan fingerprint density at radius 2 is 2.10 bits per heavy atom. The summed E-state index contributed by atoms with van der Waals surface area (Å²) in [5.74, 6) is 1.27. The first-order valence-electron chi connectivity index (χ1n) is 7.45. The first kappa shape index (κ1) is 16.3. The smallest absolute Gasteiger partial charge is 0.257 e. The van der Waals surface area contributed by atoms with Crippen LogP contribution in [0.2, 0.25) is 0 Å². The maximum absolute atomic E-state index is 11.8. The number of carbonyl (C=O) groups is 1. The number of aliphatic hydroxyl groups excluding tert-OH is 1. The van der Waals surface area contributed by atoms with E-state index in [1.807, 2.05) is 24.3 Å². The predicted octanol–water partition coefficient (Wildman–Crippen LogP) is 2.74. The summed E-state index contributed by atoms with van der Waals surface area (Å²) in [7, 11) is 0. The molecule has 21 heavy (non-hydrogen) atoms. The first-order valence-corrected chi connectivity index (χ1v) is 8.24. The molecule has 2 unspecified atom stereocenters. The number of hydrogen-bond donors (Lipinski definition) is 2. The van der Waals surface area contributed by atoms with Crippen LogP contribution in [0, 0.1) is 11.8 Å². The Morgan fingerprint density at radius 1 is 1.33 bits per heavy atom. The molecule has 0 saturated heterocycles. The SMILES string of the molecule is O=C(COc1cccc(Br)c1)NCC1CCCCC1CO. The first-order chi connectivity index (χ1) is 10.2. The van der Waals surface area contributed by atoms with Gasteiger partial charge in [0.1, 0.15) is 5.75 Å². The molecule has 0 heterocycles. The predicted molar refractivity (Wildman–Crippen MR) is 85.2 cm³/mol. The summed E-state index contributed by atoms with van der Waals surface area (Å²) in [6, 6.07) is 7.42. The van der Waals surface area contributed by atoms with Crippen LogP contribution in [0.15, 0.2) is 28.7 Å². The van der Waals surface area contributed by atoms with Crippen molar-refractivity contribution in [3.8, 4) is 5.75 Å². The Balaban J connectivity index is 1.72. The van der Waals surface area contributed by atoms with Crippen LogP contribution in [0.25, 0.3) is 0 Å². The molecule has 2 rings (SSSR count). The highest BCUT2D eigenvalue weighted by atomic mass is 79.9. The van der Waals surface area contributed by atoms with E-state index < -0.39 is 0 Å². The van der Waals surface area contributed by atoms with E-state index in [4.69, 9.17) is 4.74 Å². The van der Waals surface area contributed by atoms with Gasteiger partial charge in [0.2, 0.25) is 0 Å². The lowest BCUT2D eigenvalue weighted by molar-refractivity contribution is -0.123. The monoisotopic (exact) mass is 355 g/mol. The van der Waals surface area contributed by atoms with E-state index >= 15 is 0 Å². The molecule has 1 fully saturated rings. The minimum absolute atomic E-state index is 0.0208. The Kier molecular flexibility index (Phi) is 6.51. The van der Waals surface area contributed by atoms with Gasteiger partial charge in [-0.25, -0.2) is 0 Å².